The van der Waals surface area contributed by atoms with E-state index in [0.717, 1.165) is 5.19 Å². The van der Waals surface area contributed by atoms with Crippen LogP contribution in [0, 0.1) is 0 Å². The van der Waals surface area contributed by atoms with E-state index in [0.29, 0.717) is 0 Å². The molecule has 0 radical (unpaired) electrons. The molecule has 2 nitrogen and oxygen atoms in total. The Balaban J connectivity index is 2.98. The summed E-state index contributed by atoms with van der Waals surface area (Å²) in [6.07, 6.45) is 0. The molecule has 0 heterocycles. The van der Waals surface area contributed by atoms with Crippen LogP contribution in [0.1, 0.15) is 0 Å². The Morgan fingerprint density at radius 3 is 2.08 bits per heavy atom. The van der Waals surface area contributed by atoms with E-state index in [1.165, 1.54) is 0 Å². The Morgan fingerprint density at radius 2 is 1.67 bits per heavy atom. The van der Waals surface area contributed by atoms with Crippen molar-refractivity contribution in [3.8, 4) is 0 Å². The van der Waals surface area contributed by atoms with Crippen molar-refractivity contribution in [1.29, 1.82) is 0 Å². The SMILES string of the molecule is CN(C)[Si@@](C)(O)c1ccccc1. The number of rotatable bonds is 2. The van der Waals surface area contributed by atoms with E-state index in [1.807, 2.05) is 55.5 Å². The highest BCUT2D eigenvalue weighted by molar-refractivity contribution is 6.81. The summed E-state index contributed by atoms with van der Waals surface area (Å²) in [5.74, 6) is 0. The van der Waals surface area contributed by atoms with Crippen molar-refractivity contribution in [2.75, 3.05) is 14.1 Å². The van der Waals surface area contributed by atoms with E-state index in [1.54, 1.807) is 0 Å². The first-order valence-electron chi connectivity index (χ1n) is 4.00. The molecule has 0 unspecified atom stereocenters. The maximum Gasteiger partial charge on any atom is 0.298 e. The highest BCUT2D eigenvalue weighted by Crippen LogP contribution is 2.01. The van der Waals surface area contributed by atoms with Gasteiger partial charge in [-0.05, 0) is 25.8 Å². The molecule has 0 aliphatic rings. The highest BCUT2D eigenvalue weighted by Gasteiger charge is 2.29. The number of hydrogen-bond donors (Lipinski definition) is 1. The van der Waals surface area contributed by atoms with Gasteiger partial charge >= 0.3 is 0 Å². The third kappa shape index (κ3) is 1.74. The fraction of sp³-hybridized carbons (Fsp3) is 0.333. The average Bonchev–Trinajstić information content (AvgIpc) is 2.06. The van der Waals surface area contributed by atoms with Crippen LogP contribution in [-0.4, -0.2) is 31.9 Å². The first kappa shape index (κ1) is 9.44. The van der Waals surface area contributed by atoms with E-state index >= 15 is 0 Å². The van der Waals surface area contributed by atoms with Gasteiger partial charge in [0.2, 0.25) is 0 Å². The first-order valence-corrected chi connectivity index (χ1v) is 6.40. The molecule has 1 aromatic rings. The molecule has 0 saturated carbocycles. The Morgan fingerprint density at radius 1 is 1.17 bits per heavy atom. The minimum absolute atomic E-state index is 1.05. The smallest absolute Gasteiger partial charge is 0.298 e. The van der Waals surface area contributed by atoms with E-state index in [4.69, 9.17) is 0 Å². The largest absolute Gasteiger partial charge is 0.416 e. The predicted molar refractivity (Wildman–Crippen MR) is 53.6 cm³/mol. The molecule has 12 heavy (non-hydrogen) atoms. The number of benzene rings is 1. The van der Waals surface area contributed by atoms with Crippen molar-refractivity contribution in [3.05, 3.63) is 30.3 Å². The molecule has 1 N–H and O–H groups in total. The molecule has 0 fully saturated rings. The molecule has 0 aromatic heterocycles. The third-order valence-electron chi connectivity index (χ3n) is 2.19. The van der Waals surface area contributed by atoms with Crippen molar-refractivity contribution in [1.82, 2.24) is 4.57 Å². The van der Waals surface area contributed by atoms with Crippen LogP contribution < -0.4 is 5.19 Å². The minimum Gasteiger partial charge on any atom is -0.416 e. The lowest BCUT2D eigenvalue weighted by molar-refractivity contribution is 0.446. The summed E-state index contributed by atoms with van der Waals surface area (Å²) in [5, 5.41) is 1.05. The molecule has 0 aliphatic heterocycles. The van der Waals surface area contributed by atoms with Gasteiger partial charge in [-0.1, -0.05) is 30.3 Å². The number of hydrogen-bond acceptors (Lipinski definition) is 2. The zero-order chi connectivity index (χ0) is 9.19. The van der Waals surface area contributed by atoms with Crippen molar-refractivity contribution >= 4 is 13.7 Å². The van der Waals surface area contributed by atoms with Gasteiger partial charge < -0.3 is 9.36 Å². The lowest BCUT2D eigenvalue weighted by Gasteiger charge is -2.27. The molecular formula is C9H15NOSi. The molecule has 1 atom stereocenters. The second-order valence-electron chi connectivity index (χ2n) is 3.28. The fourth-order valence-corrected chi connectivity index (χ4v) is 2.35. The molecule has 0 amide bonds. The van der Waals surface area contributed by atoms with E-state index in [9.17, 15) is 4.80 Å². The molecule has 0 aliphatic carbocycles. The van der Waals surface area contributed by atoms with Gasteiger partial charge in [0.15, 0.2) is 0 Å². The fourth-order valence-electron chi connectivity index (χ4n) is 1.01. The second kappa shape index (κ2) is 3.39. The van der Waals surface area contributed by atoms with Crippen molar-refractivity contribution in [2.24, 2.45) is 0 Å². The predicted octanol–water partition coefficient (Wildman–Crippen LogP) is 0.519. The standard InChI is InChI=1S/C9H15NOSi/c1-10(2)12(3,11)9-7-5-4-6-8-9/h4-8,11H,1-3H3/t12-/m0/s1. The monoisotopic (exact) mass is 181 g/mol. The van der Waals surface area contributed by atoms with Gasteiger partial charge in [-0.25, -0.2) is 0 Å². The van der Waals surface area contributed by atoms with Gasteiger partial charge in [-0.15, -0.1) is 0 Å². The van der Waals surface area contributed by atoms with Crippen LogP contribution in [0.25, 0.3) is 0 Å². The van der Waals surface area contributed by atoms with Gasteiger partial charge in [0.25, 0.3) is 8.48 Å². The molecule has 0 bridgehead atoms. The van der Waals surface area contributed by atoms with Crippen LogP contribution in [0.3, 0.4) is 0 Å². The summed E-state index contributed by atoms with van der Waals surface area (Å²) < 4.78 is 1.92. The Labute approximate surface area is 74.7 Å². The maximum absolute atomic E-state index is 10.1. The van der Waals surface area contributed by atoms with Crippen LogP contribution in [-0.2, 0) is 0 Å². The lowest BCUT2D eigenvalue weighted by Crippen LogP contribution is -2.57. The Bertz CT molecular complexity index is 246. The molecular weight excluding hydrogens is 166 g/mol. The van der Waals surface area contributed by atoms with Gasteiger partial charge in [-0.3, -0.25) is 0 Å². The van der Waals surface area contributed by atoms with Gasteiger partial charge in [0.1, 0.15) is 0 Å². The average molecular weight is 181 g/mol. The molecule has 1 rings (SSSR count). The van der Waals surface area contributed by atoms with Crippen LogP contribution in [0.2, 0.25) is 6.55 Å². The quantitative estimate of drug-likeness (QED) is 0.672. The zero-order valence-electron chi connectivity index (χ0n) is 7.78. The summed E-state index contributed by atoms with van der Waals surface area (Å²) in [4.78, 5) is 10.1. The second-order valence-corrected chi connectivity index (χ2v) is 6.79. The van der Waals surface area contributed by atoms with E-state index in [2.05, 4.69) is 0 Å². The summed E-state index contributed by atoms with van der Waals surface area (Å²) in [7, 11) is 1.51. The summed E-state index contributed by atoms with van der Waals surface area (Å²) >= 11 is 0. The molecule has 66 valence electrons. The highest BCUT2D eigenvalue weighted by atomic mass is 28.4. The summed E-state index contributed by atoms with van der Waals surface area (Å²) in [6, 6.07) is 9.84. The Kier molecular flexibility index (Phi) is 2.67. The van der Waals surface area contributed by atoms with Crippen molar-refractivity contribution in [2.45, 2.75) is 6.55 Å². The Hall–Kier alpha value is -0.643. The van der Waals surface area contributed by atoms with Crippen LogP contribution in [0.4, 0.5) is 0 Å². The topological polar surface area (TPSA) is 23.5 Å². The van der Waals surface area contributed by atoms with E-state index in [-0.39, 0.29) is 0 Å². The summed E-state index contributed by atoms with van der Waals surface area (Å²) in [5.41, 5.74) is 0. The van der Waals surface area contributed by atoms with Gasteiger partial charge in [0.05, 0.1) is 0 Å². The van der Waals surface area contributed by atoms with Gasteiger partial charge in [0, 0.05) is 0 Å². The van der Waals surface area contributed by atoms with Crippen LogP contribution in [0.5, 0.6) is 0 Å². The summed E-state index contributed by atoms with van der Waals surface area (Å²) in [6.45, 7) is 1.92. The molecule has 3 heteroatoms. The molecule has 1 aromatic carbocycles. The minimum atomic E-state index is -2.32. The first-order chi connectivity index (χ1) is 5.55. The van der Waals surface area contributed by atoms with Crippen molar-refractivity contribution < 1.29 is 4.80 Å². The third-order valence-corrected chi connectivity index (χ3v) is 5.36. The van der Waals surface area contributed by atoms with Crippen molar-refractivity contribution in [3.63, 3.8) is 0 Å². The lowest BCUT2D eigenvalue weighted by atomic mass is 10.4. The zero-order valence-corrected chi connectivity index (χ0v) is 8.78. The normalized spacial score (nSPS) is 16.1. The number of nitrogens with zero attached hydrogens (tertiary/aromatic N) is 1. The van der Waals surface area contributed by atoms with Crippen LogP contribution in [0.15, 0.2) is 30.3 Å². The van der Waals surface area contributed by atoms with E-state index < -0.39 is 8.48 Å². The van der Waals surface area contributed by atoms with Gasteiger partial charge in [-0.2, -0.15) is 0 Å². The maximum atomic E-state index is 10.1. The van der Waals surface area contributed by atoms with Crippen LogP contribution >= 0.6 is 0 Å². The molecule has 0 saturated heterocycles. The molecule has 0 spiro atoms.